The third kappa shape index (κ3) is 2.25. The molecular formula is C13H11NO3. The zero-order valence-corrected chi connectivity index (χ0v) is 9.27. The Hall–Kier alpha value is -2.36. The topological polar surface area (TPSA) is 55.4 Å². The Labute approximate surface area is 98.2 Å². The molecule has 2 aromatic carbocycles. The minimum Gasteiger partial charge on any atom is -0.495 e. The zero-order chi connectivity index (χ0) is 12.3. The van der Waals surface area contributed by atoms with E-state index < -0.39 is 5.91 Å². The molecule has 4 heteroatoms. The fourth-order valence-corrected chi connectivity index (χ4v) is 1.65. The van der Waals surface area contributed by atoms with E-state index in [4.69, 9.17) is 4.74 Å². The summed E-state index contributed by atoms with van der Waals surface area (Å²) < 4.78 is 5.17. The number of methoxy groups -OCH3 is 1. The van der Waals surface area contributed by atoms with Crippen molar-refractivity contribution >= 4 is 28.7 Å². The van der Waals surface area contributed by atoms with Gasteiger partial charge in [0.25, 0.3) is 5.91 Å². The Bertz CT molecular complexity index is 578. The number of ether oxygens (including phenoxy) is 1. The molecule has 86 valence electrons. The fraction of sp³-hybridized carbons (Fsp3) is 0.0769. The van der Waals surface area contributed by atoms with E-state index in [1.165, 1.54) is 7.11 Å². The minimum absolute atomic E-state index is 0.231. The number of nitrogens with one attached hydrogen (secondary N) is 1. The van der Waals surface area contributed by atoms with E-state index in [1.54, 1.807) is 6.07 Å². The van der Waals surface area contributed by atoms with Gasteiger partial charge in [0.2, 0.25) is 6.29 Å². The van der Waals surface area contributed by atoms with Gasteiger partial charge in [0.15, 0.2) is 0 Å². The van der Waals surface area contributed by atoms with Crippen LogP contribution >= 0.6 is 0 Å². The van der Waals surface area contributed by atoms with Gasteiger partial charge >= 0.3 is 0 Å². The minimum atomic E-state index is -0.696. The summed E-state index contributed by atoms with van der Waals surface area (Å²) in [6, 6.07) is 11.3. The number of hydrogen-bond donors (Lipinski definition) is 1. The Balaban J connectivity index is 2.52. The molecule has 1 amide bonds. The number of rotatable bonds is 3. The fourth-order valence-electron chi connectivity index (χ4n) is 1.65. The lowest BCUT2D eigenvalue weighted by Crippen LogP contribution is -2.12. The van der Waals surface area contributed by atoms with Gasteiger partial charge in [0.05, 0.1) is 12.8 Å². The normalized spacial score (nSPS) is 9.94. The second-order valence-electron chi connectivity index (χ2n) is 3.51. The highest BCUT2D eigenvalue weighted by Crippen LogP contribution is 2.29. The molecule has 0 heterocycles. The van der Waals surface area contributed by atoms with Crippen molar-refractivity contribution in [3.63, 3.8) is 0 Å². The molecule has 0 bridgehead atoms. The number of carbonyl (C=O) groups is 2. The third-order valence-corrected chi connectivity index (χ3v) is 2.43. The summed E-state index contributed by atoms with van der Waals surface area (Å²) in [6.45, 7) is 0. The monoisotopic (exact) mass is 229 g/mol. The molecule has 0 aliphatic carbocycles. The van der Waals surface area contributed by atoms with Crippen molar-refractivity contribution in [2.45, 2.75) is 0 Å². The van der Waals surface area contributed by atoms with Crippen molar-refractivity contribution in [3.8, 4) is 5.75 Å². The molecule has 2 aromatic rings. The molecule has 0 saturated heterocycles. The average molecular weight is 229 g/mol. The SMILES string of the molecule is COc1cc2ccccc2cc1NC(=O)C=O. The first kappa shape index (κ1) is 11.1. The van der Waals surface area contributed by atoms with Gasteiger partial charge in [-0.3, -0.25) is 9.59 Å². The van der Waals surface area contributed by atoms with Gasteiger partial charge in [-0.25, -0.2) is 0 Å². The Morgan fingerprint density at radius 3 is 2.47 bits per heavy atom. The van der Waals surface area contributed by atoms with Crippen LogP contribution in [0.1, 0.15) is 0 Å². The lowest BCUT2D eigenvalue weighted by Gasteiger charge is -2.10. The third-order valence-electron chi connectivity index (χ3n) is 2.43. The first-order chi connectivity index (χ1) is 8.24. The van der Waals surface area contributed by atoms with Crippen LogP contribution in [-0.4, -0.2) is 19.3 Å². The van der Waals surface area contributed by atoms with Gasteiger partial charge in [-0.15, -0.1) is 0 Å². The summed E-state index contributed by atoms with van der Waals surface area (Å²) in [5.41, 5.74) is 0.489. The highest BCUT2D eigenvalue weighted by atomic mass is 16.5. The summed E-state index contributed by atoms with van der Waals surface area (Å²) in [5, 5.41) is 4.45. The summed E-state index contributed by atoms with van der Waals surface area (Å²) in [7, 11) is 1.51. The van der Waals surface area contributed by atoms with Gasteiger partial charge in [-0.2, -0.15) is 0 Å². The van der Waals surface area contributed by atoms with Crippen molar-refractivity contribution in [1.29, 1.82) is 0 Å². The molecule has 1 N–H and O–H groups in total. The summed E-state index contributed by atoms with van der Waals surface area (Å²) in [6.07, 6.45) is 0.231. The maximum Gasteiger partial charge on any atom is 0.288 e. The van der Waals surface area contributed by atoms with Gasteiger partial charge in [0.1, 0.15) is 5.75 Å². The number of fused-ring (bicyclic) bond motifs is 1. The van der Waals surface area contributed by atoms with E-state index in [-0.39, 0.29) is 6.29 Å². The number of aldehydes is 1. The molecule has 0 spiro atoms. The molecular weight excluding hydrogens is 218 g/mol. The van der Waals surface area contributed by atoms with E-state index in [0.717, 1.165) is 10.8 Å². The summed E-state index contributed by atoms with van der Waals surface area (Å²) in [4.78, 5) is 21.4. The first-order valence-electron chi connectivity index (χ1n) is 5.07. The van der Waals surface area contributed by atoms with Crippen LogP contribution in [0.2, 0.25) is 0 Å². The van der Waals surface area contributed by atoms with E-state index in [9.17, 15) is 9.59 Å². The van der Waals surface area contributed by atoms with E-state index in [1.807, 2.05) is 30.3 Å². The van der Waals surface area contributed by atoms with Crippen LogP contribution in [0.5, 0.6) is 5.75 Å². The van der Waals surface area contributed by atoms with Crippen LogP contribution in [-0.2, 0) is 9.59 Å². The quantitative estimate of drug-likeness (QED) is 0.646. The first-order valence-corrected chi connectivity index (χ1v) is 5.07. The maximum atomic E-state index is 11.1. The highest BCUT2D eigenvalue weighted by molar-refractivity contribution is 6.29. The lowest BCUT2D eigenvalue weighted by atomic mass is 10.1. The predicted octanol–water partition coefficient (Wildman–Crippen LogP) is 1.99. The van der Waals surface area contributed by atoms with Crippen molar-refractivity contribution in [2.75, 3.05) is 12.4 Å². The van der Waals surface area contributed by atoms with E-state index >= 15 is 0 Å². The zero-order valence-electron chi connectivity index (χ0n) is 9.27. The molecule has 0 aliphatic heterocycles. The Kier molecular flexibility index (Phi) is 3.05. The van der Waals surface area contributed by atoms with Crippen molar-refractivity contribution < 1.29 is 14.3 Å². The standard InChI is InChI=1S/C13H11NO3/c1-17-12-7-10-5-3-2-4-9(10)6-11(12)14-13(16)8-15/h2-8H,1H3,(H,14,16). The van der Waals surface area contributed by atoms with E-state index in [2.05, 4.69) is 5.32 Å². The average Bonchev–Trinajstić information content (AvgIpc) is 2.37. The van der Waals surface area contributed by atoms with Crippen LogP contribution in [0.25, 0.3) is 10.8 Å². The van der Waals surface area contributed by atoms with Gasteiger partial charge in [0, 0.05) is 0 Å². The number of amides is 1. The Morgan fingerprint density at radius 2 is 1.88 bits per heavy atom. The summed E-state index contributed by atoms with van der Waals surface area (Å²) >= 11 is 0. The van der Waals surface area contributed by atoms with Crippen molar-refractivity contribution in [3.05, 3.63) is 36.4 Å². The van der Waals surface area contributed by atoms with Crippen LogP contribution in [0.15, 0.2) is 36.4 Å². The number of anilines is 1. The van der Waals surface area contributed by atoms with Crippen LogP contribution in [0.3, 0.4) is 0 Å². The molecule has 0 saturated carbocycles. The second-order valence-corrected chi connectivity index (χ2v) is 3.51. The molecule has 0 unspecified atom stereocenters. The largest absolute Gasteiger partial charge is 0.495 e. The van der Waals surface area contributed by atoms with Gasteiger partial charge < -0.3 is 10.1 Å². The highest BCUT2D eigenvalue weighted by Gasteiger charge is 2.08. The molecule has 4 nitrogen and oxygen atoms in total. The van der Waals surface area contributed by atoms with Crippen molar-refractivity contribution in [1.82, 2.24) is 0 Å². The molecule has 2 rings (SSSR count). The van der Waals surface area contributed by atoms with E-state index in [0.29, 0.717) is 11.4 Å². The smallest absolute Gasteiger partial charge is 0.288 e. The van der Waals surface area contributed by atoms with Crippen LogP contribution in [0, 0.1) is 0 Å². The van der Waals surface area contributed by atoms with Gasteiger partial charge in [-0.05, 0) is 22.9 Å². The summed E-state index contributed by atoms with van der Waals surface area (Å²) in [5.74, 6) is -0.169. The van der Waals surface area contributed by atoms with Crippen LogP contribution < -0.4 is 10.1 Å². The lowest BCUT2D eigenvalue weighted by molar-refractivity contribution is -0.127. The number of carbonyl (C=O) groups excluding carboxylic acids is 2. The van der Waals surface area contributed by atoms with Gasteiger partial charge in [-0.1, -0.05) is 24.3 Å². The predicted molar refractivity (Wildman–Crippen MR) is 65.2 cm³/mol. The molecule has 0 aliphatic rings. The molecule has 0 atom stereocenters. The van der Waals surface area contributed by atoms with Crippen molar-refractivity contribution in [2.24, 2.45) is 0 Å². The number of benzene rings is 2. The molecule has 0 aromatic heterocycles. The molecule has 17 heavy (non-hydrogen) atoms. The maximum absolute atomic E-state index is 11.1. The molecule has 0 fully saturated rings. The number of hydrogen-bond acceptors (Lipinski definition) is 3. The second kappa shape index (κ2) is 4.65. The van der Waals surface area contributed by atoms with Crippen LogP contribution in [0.4, 0.5) is 5.69 Å². The molecule has 0 radical (unpaired) electrons. The Morgan fingerprint density at radius 1 is 1.24 bits per heavy atom.